The van der Waals surface area contributed by atoms with E-state index >= 15 is 0 Å². The molecule has 14 heteroatoms. The summed E-state index contributed by atoms with van der Waals surface area (Å²) in [6, 6.07) is 0. The van der Waals surface area contributed by atoms with Crippen molar-refractivity contribution < 1.29 is 62.2 Å². The quantitative estimate of drug-likeness (QED) is 0.395. The van der Waals surface area contributed by atoms with E-state index in [1.807, 2.05) is 0 Å². The summed E-state index contributed by atoms with van der Waals surface area (Å²) in [6.45, 7) is 0. The highest BCUT2D eigenvalue weighted by Crippen LogP contribution is 2.84. The van der Waals surface area contributed by atoms with Gasteiger partial charge in [-0.05, 0) is 60.2 Å². The summed E-state index contributed by atoms with van der Waals surface area (Å²) in [4.78, 5) is 0. The van der Waals surface area contributed by atoms with E-state index in [9.17, 15) is 52.7 Å². The van der Waals surface area contributed by atoms with Crippen LogP contribution < -0.4 is 0 Å². The topological polar surface area (TPSA) is 18.5 Å². The Bertz CT molecular complexity index is 845. The highest BCUT2D eigenvalue weighted by molar-refractivity contribution is 5.32. The number of halogens is 12. The zero-order valence-corrected chi connectivity index (χ0v) is 16.7. The van der Waals surface area contributed by atoms with E-state index in [0.29, 0.717) is 12.8 Å². The van der Waals surface area contributed by atoms with Crippen LogP contribution in [0.3, 0.4) is 0 Å². The largest absolute Gasteiger partial charge is 0.426 e. The average molecular weight is 516 g/mol. The Morgan fingerprint density at radius 2 is 0.735 bits per heavy atom. The monoisotopic (exact) mass is 516 g/mol. The van der Waals surface area contributed by atoms with Gasteiger partial charge in [0.05, 0.1) is 12.2 Å². The Balaban J connectivity index is 0.000000118. The van der Waals surface area contributed by atoms with Crippen LogP contribution in [0.25, 0.3) is 0 Å². The fourth-order valence-electron chi connectivity index (χ4n) is 9.57. The van der Waals surface area contributed by atoms with Crippen LogP contribution in [0.2, 0.25) is 0 Å². The summed E-state index contributed by atoms with van der Waals surface area (Å²) in [5, 5.41) is 0. The molecule has 8 saturated carbocycles. The fraction of sp³-hybridized carbons (Fsp3) is 1.00. The molecule has 0 radical (unpaired) electrons. The SMILES string of the molecule is FC(F)(F)C1(C(F)(F)F)OC2C3C4C1[C@@H]2C[C@@H]34.FC(F)(F)C1(C(F)(F)F)OC2C3C4C1[C@H]2C[C@H]34. The molecule has 0 aromatic heterocycles. The Labute approximate surface area is 183 Å². The predicted molar refractivity (Wildman–Crippen MR) is 83.6 cm³/mol. The van der Waals surface area contributed by atoms with Gasteiger partial charge in [0.15, 0.2) is 0 Å². The van der Waals surface area contributed by atoms with E-state index in [-0.39, 0.29) is 23.7 Å². The van der Waals surface area contributed by atoms with Gasteiger partial charge in [-0.15, -0.1) is 0 Å². The second kappa shape index (κ2) is 5.50. The van der Waals surface area contributed by atoms with Crippen LogP contribution >= 0.6 is 0 Å². The van der Waals surface area contributed by atoms with Gasteiger partial charge in [0.1, 0.15) is 0 Å². The maximum Gasteiger partial charge on any atom is 0.426 e. The summed E-state index contributed by atoms with van der Waals surface area (Å²) in [7, 11) is 0. The van der Waals surface area contributed by atoms with E-state index in [4.69, 9.17) is 0 Å². The minimum atomic E-state index is -5.37. The molecule has 12 atom stereocenters. The van der Waals surface area contributed by atoms with Crippen LogP contribution in [0, 0.1) is 59.2 Å². The molecule has 2 aliphatic heterocycles. The first-order valence-electron chi connectivity index (χ1n) is 11.0. The lowest BCUT2D eigenvalue weighted by molar-refractivity contribution is -0.394. The molecule has 0 N–H and O–H groups in total. The molecule has 2 heterocycles. The van der Waals surface area contributed by atoms with Crippen molar-refractivity contribution in [1.82, 2.24) is 0 Å². The molecule has 2 nitrogen and oxygen atoms in total. The van der Waals surface area contributed by atoms with E-state index < -0.39 is 83.6 Å². The Morgan fingerprint density at radius 1 is 0.441 bits per heavy atom. The third-order valence-corrected chi connectivity index (χ3v) is 10.3. The first-order valence-corrected chi connectivity index (χ1v) is 11.0. The van der Waals surface area contributed by atoms with Gasteiger partial charge in [0, 0.05) is 11.8 Å². The maximum atomic E-state index is 12.9. The smallest absolute Gasteiger partial charge is 0.354 e. The van der Waals surface area contributed by atoms with Crippen LogP contribution in [0.4, 0.5) is 52.7 Å². The van der Waals surface area contributed by atoms with Crippen molar-refractivity contribution in [1.29, 1.82) is 0 Å². The minimum Gasteiger partial charge on any atom is -0.354 e. The lowest BCUT2D eigenvalue weighted by Crippen LogP contribution is -2.62. The molecule has 0 aromatic carbocycles. The first-order chi connectivity index (χ1) is 15.4. The lowest BCUT2D eigenvalue weighted by Gasteiger charge is -2.39. The summed E-state index contributed by atoms with van der Waals surface area (Å²) in [5.74, 6) is -4.57. The molecule has 10 aliphatic rings. The summed E-state index contributed by atoms with van der Waals surface area (Å²) in [6.07, 6.45) is -22.1. The van der Waals surface area contributed by atoms with Gasteiger partial charge in [-0.2, -0.15) is 52.7 Å². The zero-order chi connectivity index (χ0) is 24.8. The molecular formula is C20H16F12O2. The molecule has 0 spiro atoms. The number of ether oxygens (including phenoxy) is 2. The van der Waals surface area contributed by atoms with E-state index in [2.05, 4.69) is 9.47 Å². The molecule has 34 heavy (non-hydrogen) atoms. The predicted octanol–water partition coefficient (Wildman–Crippen LogP) is 5.52. The van der Waals surface area contributed by atoms with Crippen LogP contribution in [0.5, 0.6) is 0 Å². The molecule has 10 fully saturated rings. The van der Waals surface area contributed by atoms with Crippen molar-refractivity contribution in [2.24, 2.45) is 59.2 Å². The molecule has 8 aliphatic carbocycles. The van der Waals surface area contributed by atoms with Gasteiger partial charge in [-0.25, -0.2) is 0 Å². The van der Waals surface area contributed by atoms with Gasteiger partial charge < -0.3 is 9.47 Å². The molecule has 0 aromatic rings. The van der Waals surface area contributed by atoms with E-state index in [0.717, 1.165) is 0 Å². The van der Waals surface area contributed by atoms with Crippen molar-refractivity contribution >= 4 is 0 Å². The van der Waals surface area contributed by atoms with Crippen molar-refractivity contribution in [2.75, 3.05) is 0 Å². The Kier molecular flexibility index (Phi) is 3.60. The standard InChI is InChI=1S/2C10H8F6O/c2*11-9(12,13)8(10(14,15)16)6-3-1-2-4(6)5(2)7(3)17-8/h2*2-7H,1H2/t2*2-,3+,4?,5?,6?,7?/m10/s1. The third-order valence-electron chi connectivity index (χ3n) is 10.3. The van der Waals surface area contributed by atoms with Gasteiger partial charge in [-0.3, -0.25) is 0 Å². The highest BCUT2D eigenvalue weighted by atomic mass is 19.4. The van der Waals surface area contributed by atoms with Crippen molar-refractivity contribution in [3.8, 4) is 0 Å². The minimum absolute atomic E-state index is 0.0252. The summed E-state index contributed by atoms with van der Waals surface area (Å²) < 4.78 is 164. The Morgan fingerprint density at radius 3 is 0.912 bits per heavy atom. The zero-order valence-electron chi connectivity index (χ0n) is 16.7. The van der Waals surface area contributed by atoms with Crippen molar-refractivity contribution in [3.05, 3.63) is 0 Å². The van der Waals surface area contributed by atoms with Crippen LogP contribution in [0.15, 0.2) is 0 Å². The molecular weight excluding hydrogens is 500 g/mol. The van der Waals surface area contributed by atoms with Crippen molar-refractivity contribution in [3.63, 3.8) is 0 Å². The summed E-state index contributed by atoms with van der Waals surface area (Å²) in [5.41, 5.74) is -7.77. The van der Waals surface area contributed by atoms with Crippen LogP contribution in [-0.2, 0) is 9.47 Å². The highest BCUT2D eigenvalue weighted by Gasteiger charge is 2.94. The van der Waals surface area contributed by atoms with Gasteiger partial charge in [0.2, 0.25) is 0 Å². The molecule has 12 bridgehead atoms. The van der Waals surface area contributed by atoms with E-state index in [1.54, 1.807) is 0 Å². The number of alkyl halides is 12. The number of hydrogen-bond acceptors (Lipinski definition) is 2. The second-order valence-electron chi connectivity index (χ2n) is 11.1. The second-order valence-corrected chi connectivity index (χ2v) is 11.1. The molecule has 0 amide bonds. The van der Waals surface area contributed by atoms with Gasteiger partial charge in [0.25, 0.3) is 11.2 Å². The Hall–Kier alpha value is -0.920. The third kappa shape index (κ3) is 2.05. The molecule has 192 valence electrons. The van der Waals surface area contributed by atoms with Gasteiger partial charge in [-0.1, -0.05) is 0 Å². The van der Waals surface area contributed by atoms with Gasteiger partial charge >= 0.3 is 24.7 Å². The molecule has 10 rings (SSSR count). The maximum absolute atomic E-state index is 12.9. The van der Waals surface area contributed by atoms with Crippen LogP contribution in [-0.4, -0.2) is 48.1 Å². The van der Waals surface area contributed by atoms with Crippen molar-refractivity contribution in [2.45, 2.75) is 61.0 Å². The number of rotatable bonds is 0. The number of hydrogen-bond donors (Lipinski definition) is 0. The fourth-order valence-corrected chi connectivity index (χ4v) is 9.57. The first kappa shape index (κ1) is 22.3. The average Bonchev–Trinajstić information content (AvgIpc) is 3.15. The molecule has 8 unspecified atom stereocenters. The lowest BCUT2D eigenvalue weighted by atomic mass is 9.81. The normalized spacial score (nSPS) is 53.3. The van der Waals surface area contributed by atoms with Crippen LogP contribution in [0.1, 0.15) is 12.8 Å². The molecule has 2 saturated heterocycles. The summed E-state index contributed by atoms with van der Waals surface area (Å²) >= 11 is 0. The van der Waals surface area contributed by atoms with E-state index in [1.165, 1.54) is 0 Å².